The third kappa shape index (κ3) is 2.96. The summed E-state index contributed by atoms with van der Waals surface area (Å²) in [5, 5.41) is 2.84. The van der Waals surface area contributed by atoms with Gasteiger partial charge in [0.05, 0.1) is 6.54 Å². The summed E-state index contributed by atoms with van der Waals surface area (Å²) in [6.07, 6.45) is 0. The monoisotopic (exact) mass is 386 g/mol. The van der Waals surface area contributed by atoms with Crippen molar-refractivity contribution < 1.29 is 9.59 Å². The summed E-state index contributed by atoms with van der Waals surface area (Å²) in [4.78, 5) is 26.7. The van der Waals surface area contributed by atoms with Crippen molar-refractivity contribution in [3.05, 3.63) is 69.2 Å². The molecule has 0 saturated carbocycles. The quantitative estimate of drug-likeness (QED) is 0.809. The van der Waals surface area contributed by atoms with Crippen LogP contribution in [0.5, 0.6) is 0 Å². The minimum Gasteiger partial charge on any atom is -0.319 e. The van der Waals surface area contributed by atoms with Crippen LogP contribution in [0.2, 0.25) is 0 Å². The molecule has 0 unspecified atom stereocenters. The molecule has 3 amide bonds. The van der Waals surface area contributed by atoms with E-state index >= 15 is 0 Å². The van der Waals surface area contributed by atoms with E-state index in [4.69, 9.17) is 0 Å². The lowest BCUT2D eigenvalue weighted by molar-refractivity contribution is -0.131. The first-order chi connectivity index (χ1) is 11.3. The normalized spacial score (nSPS) is 20.4. The van der Waals surface area contributed by atoms with Gasteiger partial charge in [0.25, 0.3) is 5.91 Å². The second-order valence-electron chi connectivity index (χ2n) is 6.45. The predicted octanol–water partition coefficient (Wildman–Crippen LogP) is 4.03. The first-order valence-electron chi connectivity index (χ1n) is 7.77. The molecule has 1 saturated heterocycles. The fourth-order valence-electron chi connectivity index (χ4n) is 3.18. The number of rotatable bonds is 3. The third-order valence-electron chi connectivity index (χ3n) is 4.30. The van der Waals surface area contributed by atoms with Crippen LogP contribution in [0, 0.1) is 13.8 Å². The molecule has 1 fully saturated rings. The van der Waals surface area contributed by atoms with Crippen LogP contribution in [0.1, 0.15) is 29.2 Å². The summed E-state index contributed by atoms with van der Waals surface area (Å²) in [7, 11) is 0. The summed E-state index contributed by atoms with van der Waals surface area (Å²) in [6, 6.07) is 13.2. The van der Waals surface area contributed by atoms with Crippen molar-refractivity contribution in [3.8, 4) is 0 Å². The summed E-state index contributed by atoms with van der Waals surface area (Å²) in [5.74, 6) is -0.232. The van der Waals surface area contributed by atoms with Crippen LogP contribution in [0.3, 0.4) is 0 Å². The van der Waals surface area contributed by atoms with Gasteiger partial charge in [-0.1, -0.05) is 57.4 Å². The van der Waals surface area contributed by atoms with E-state index in [1.54, 1.807) is 6.92 Å². The Hall–Kier alpha value is -2.14. The highest BCUT2D eigenvalue weighted by molar-refractivity contribution is 9.10. The maximum absolute atomic E-state index is 13.0. The van der Waals surface area contributed by atoms with Crippen molar-refractivity contribution in [2.75, 3.05) is 0 Å². The van der Waals surface area contributed by atoms with Crippen molar-refractivity contribution in [1.29, 1.82) is 0 Å². The molecule has 0 aliphatic carbocycles. The van der Waals surface area contributed by atoms with E-state index in [2.05, 4.69) is 27.3 Å². The number of hydrogen-bond donors (Lipinski definition) is 1. The molecular weight excluding hydrogens is 368 g/mol. The van der Waals surface area contributed by atoms with Crippen molar-refractivity contribution in [2.45, 2.75) is 32.9 Å². The Kier molecular flexibility index (Phi) is 4.22. The lowest BCUT2D eigenvalue weighted by atomic mass is 9.92. The lowest BCUT2D eigenvalue weighted by Gasteiger charge is -2.22. The molecule has 0 spiro atoms. The van der Waals surface area contributed by atoms with E-state index in [0.29, 0.717) is 0 Å². The average Bonchev–Trinajstić information content (AvgIpc) is 2.71. The summed E-state index contributed by atoms with van der Waals surface area (Å²) in [6.45, 7) is 6.04. The number of nitrogens with zero attached hydrogens (tertiary/aromatic N) is 1. The number of carbonyl (C=O) groups excluding carboxylic acids is 2. The highest BCUT2D eigenvalue weighted by atomic mass is 79.9. The Balaban J connectivity index is 1.91. The second kappa shape index (κ2) is 6.06. The molecule has 3 rings (SSSR count). The molecule has 5 heteroatoms. The van der Waals surface area contributed by atoms with Gasteiger partial charge < -0.3 is 5.32 Å². The van der Waals surface area contributed by atoms with E-state index in [1.165, 1.54) is 4.90 Å². The number of imide groups is 1. The molecule has 0 radical (unpaired) electrons. The van der Waals surface area contributed by atoms with Crippen molar-refractivity contribution in [3.63, 3.8) is 0 Å². The molecular formula is C19H19BrN2O2. The second-order valence-corrected chi connectivity index (χ2v) is 7.37. The van der Waals surface area contributed by atoms with Gasteiger partial charge in [0, 0.05) is 4.47 Å². The van der Waals surface area contributed by atoms with Crippen LogP contribution in [-0.4, -0.2) is 16.8 Å². The molecule has 2 aromatic carbocycles. The third-order valence-corrected chi connectivity index (χ3v) is 4.79. The topological polar surface area (TPSA) is 49.4 Å². The SMILES string of the molecule is Cc1cc(C)cc(CN2C(=O)N[C@](C)(c3cccc(Br)c3)C2=O)c1. The van der Waals surface area contributed by atoms with Crippen LogP contribution >= 0.6 is 15.9 Å². The van der Waals surface area contributed by atoms with E-state index < -0.39 is 5.54 Å². The zero-order valence-corrected chi connectivity index (χ0v) is 15.5. The molecule has 1 aliphatic heterocycles. The number of urea groups is 1. The van der Waals surface area contributed by atoms with Crippen LogP contribution in [-0.2, 0) is 16.9 Å². The number of aryl methyl sites for hydroxylation is 2. The maximum atomic E-state index is 13.0. The molecule has 2 aromatic rings. The van der Waals surface area contributed by atoms with Crippen molar-refractivity contribution >= 4 is 27.9 Å². The number of hydrogen-bond acceptors (Lipinski definition) is 2. The molecule has 0 bridgehead atoms. The number of benzene rings is 2. The first kappa shape index (κ1) is 16.7. The molecule has 1 atom stereocenters. The highest BCUT2D eigenvalue weighted by Gasteiger charge is 2.48. The zero-order valence-electron chi connectivity index (χ0n) is 13.9. The van der Waals surface area contributed by atoms with Crippen LogP contribution in [0.15, 0.2) is 46.9 Å². The maximum Gasteiger partial charge on any atom is 0.325 e. The number of amides is 3. The fourth-order valence-corrected chi connectivity index (χ4v) is 3.58. The molecule has 1 aliphatic rings. The minimum absolute atomic E-state index is 0.232. The first-order valence-corrected chi connectivity index (χ1v) is 8.56. The Morgan fingerprint density at radius 2 is 1.75 bits per heavy atom. The average molecular weight is 387 g/mol. The molecule has 24 heavy (non-hydrogen) atoms. The van der Waals surface area contributed by atoms with Gasteiger partial charge in [-0.2, -0.15) is 0 Å². The Labute approximate surface area is 150 Å². The predicted molar refractivity (Wildman–Crippen MR) is 96.5 cm³/mol. The molecule has 1 heterocycles. The van der Waals surface area contributed by atoms with E-state index in [-0.39, 0.29) is 18.5 Å². The van der Waals surface area contributed by atoms with Crippen LogP contribution in [0.25, 0.3) is 0 Å². The largest absolute Gasteiger partial charge is 0.325 e. The van der Waals surface area contributed by atoms with Gasteiger partial charge in [-0.05, 0) is 44.0 Å². The number of halogens is 1. The fraction of sp³-hybridized carbons (Fsp3) is 0.263. The summed E-state index contributed by atoms with van der Waals surface area (Å²) < 4.78 is 0.871. The van der Waals surface area contributed by atoms with Gasteiger partial charge in [0.2, 0.25) is 0 Å². The van der Waals surface area contributed by atoms with E-state index in [0.717, 1.165) is 26.7 Å². The van der Waals surface area contributed by atoms with Crippen molar-refractivity contribution in [2.24, 2.45) is 0 Å². The van der Waals surface area contributed by atoms with E-state index in [9.17, 15) is 9.59 Å². The van der Waals surface area contributed by atoms with Crippen LogP contribution in [0.4, 0.5) is 4.79 Å². The Morgan fingerprint density at radius 1 is 1.08 bits per heavy atom. The summed E-state index contributed by atoms with van der Waals surface area (Å²) >= 11 is 3.42. The Morgan fingerprint density at radius 3 is 2.38 bits per heavy atom. The molecule has 0 aromatic heterocycles. The van der Waals surface area contributed by atoms with Gasteiger partial charge in [0.15, 0.2) is 0 Å². The molecule has 4 nitrogen and oxygen atoms in total. The number of carbonyl (C=O) groups is 2. The van der Waals surface area contributed by atoms with Crippen LogP contribution < -0.4 is 5.32 Å². The Bertz CT molecular complexity index is 814. The van der Waals surface area contributed by atoms with E-state index in [1.807, 2.05) is 50.2 Å². The van der Waals surface area contributed by atoms with Gasteiger partial charge in [0.1, 0.15) is 5.54 Å². The minimum atomic E-state index is -1.04. The number of nitrogens with one attached hydrogen (secondary N) is 1. The van der Waals surface area contributed by atoms with Gasteiger partial charge in [-0.15, -0.1) is 0 Å². The lowest BCUT2D eigenvalue weighted by Crippen LogP contribution is -2.40. The van der Waals surface area contributed by atoms with Crippen molar-refractivity contribution in [1.82, 2.24) is 10.2 Å². The van der Waals surface area contributed by atoms with Gasteiger partial charge in [-0.25, -0.2) is 4.79 Å². The standard InChI is InChI=1S/C19H19BrN2O2/c1-12-7-13(2)9-14(8-12)11-22-17(23)19(3,21-18(22)24)15-5-4-6-16(20)10-15/h4-10H,11H2,1-3H3,(H,21,24)/t19-/m1/s1. The molecule has 1 N–H and O–H groups in total. The van der Waals surface area contributed by atoms with Gasteiger partial charge in [-0.3, -0.25) is 9.69 Å². The summed E-state index contributed by atoms with van der Waals surface area (Å²) in [5.41, 5.74) is 2.91. The van der Waals surface area contributed by atoms with Gasteiger partial charge >= 0.3 is 6.03 Å². The zero-order chi connectivity index (χ0) is 17.5. The highest BCUT2D eigenvalue weighted by Crippen LogP contribution is 2.31. The molecule has 124 valence electrons. The smallest absolute Gasteiger partial charge is 0.319 e.